The molecule has 0 spiro atoms. The van der Waals surface area contributed by atoms with Gasteiger partial charge in [-0.3, -0.25) is 0 Å². The predicted molar refractivity (Wildman–Crippen MR) is 80.5 cm³/mol. The number of aromatic nitrogens is 2. The largest absolute Gasteiger partial charge is 0.366 e. The lowest BCUT2D eigenvalue weighted by Crippen LogP contribution is -2.03. The van der Waals surface area contributed by atoms with E-state index in [9.17, 15) is 0 Å². The van der Waals surface area contributed by atoms with Crippen LogP contribution in [0.5, 0.6) is 0 Å². The van der Waals surface area contributed by atoms with Crippen molar-refractivity contribution < 1.29 is 0 Å². The standard InChI is InChI=1S/C13H12Cl2N4/c1-2-6-16-12-5-7-17-13(19-12)18-11-4-3-9(14)8-10(11)15/h2-5,7-8H,1,6H2,(H2,16,17,18,19). The summed E-state index contributed by atoms with van der Waals surface area (Å²) in [6.45, 7) is 4.27. The lowest BCUT2D eigenvalue weighted by Gasteiger charge is -2.08. The molecule has 0 aliphatic carbocycles. The number of benzene rings is 1. The summed E-state index contributed by atoms with van der Waals surface area (Å²) < 4.78 is 0. The lowest BCUT2D eigenvalue weighted by molar-refractivity contribution is 1.14. The predicted octanol–water partition coefficient (Wildman–Crippen LogP) is 4.12. The Morgan fingerprint density at radius 2 is 2.11 bits per heavy atom. The fourth-order valence-corrected chi connectivity index (χ4v) is 1.86. The summed E-state index contributed by atoms with van der Waals surface area (Å²) in [6.07, 6.45) is 3.41. The third-order valence-corrected chi connectivity index (χ3v) is 2.81. The van der Waals surface area contributed by atoms with Crippen LogP contribution in [-0.4, -0.2) is 16.5 Å². The molecule has 6 heteroatoms. The minimum absolute atomic E-state index is 0.457. The Kier molecular flexibility index (Phi) is 4.60. The Morgan fingerprint density at radius 1 is 1.26 bits per heavy atom. The molecule has 0 unspecified atom stereocenters. The van der Waals surface area contributed by atoms with Crippen molar-refractivity contribution in [1.82, 2.24) is 9.97 Å². The zero-order valence-electron chi connectivity index (χ0n) is 10.0. The molecular formula is C13H12Cl2N4. The molecule has 2 rings (SSSR count). The van der Waals surface area contributed by atoms with Gasteiger partial charge in [0.05, 0.1) is 10.7 Å². The monoisotopic (exact) mass is 294 g/mol. The van der Waals surface area contributed by atoms with Crippen LogP contribution >= 0.6 is 23.2 Å². The Labute approximate surface area is 121 Å². The summed E-state index contributed by atoms with van der Waals surface area (Å²) in [5.41, 5.74) is 0.701. The number of nitrogens with zero attached hydrogens (tertiary/aromatic N) is 2. The molecule has 2 N–H and O–H groups in total. The Bertz CT molecular complexity index is 587. The molecule has 0 radical (unpaired) electrons. The van der Waals surface area contributed by atoms with Crippen molar-refractivity contribution in [3.8, 4) is 0 Å². The van der Waals surface area contributed by atoms with Gasteiger partial charge in [-0.2, -0.15) is 4.98 Å². The molecule has 19 heavy (non-hydrogen) atoms. The second kappa shape index (κ2) is 6.41. The molecular weight excluding hydrogens is 283 g/mol. The molecule has 0 bridgehead atoms. The molecule has 1 aromatic carbocycles. The van der Waals surface area contributed by atoms with E-state index in [4.69, 9.17) is 23.2 Å². The molecule has 1 aromatic heterocycles. The summed E-state index contributed by atoms with van der Waals surface area (Å²) in [4.78, 5) is 8.42. The molecule has 0 atom stereocenters. The van der Waals surface area contributed by atoms with Crippen LogP contribution in [0.1, 0.15) is 0 Å². The minimum atomic E-state index is 0.457. The molecule has 0 saturated carbocycles. The van der Waals surface area contributed by atoms with Gasteiger partial charge in [-0.15, -0.1) is 6.58 Å². The van der Waals surface area contributed by atoms with Crippen LogP contribution < -0.4 is 10.6 Å². The minimum Gasteiger partial charge on any atom is -0.366 e. The van der Waals surface area contributed by atoms with Gasteiger partial charge in [-0.05, 0) is 24.3 Å². The van der Waals surface area contributed by atoms with E-state index in [2.05, 4.69) is 27.2 Å². The molecule has 0 aliphatic heterocycles. The average molecular weight is 295 g/mol. The average Bonchev–Trinajstić information content (AvgIpc) is 2.40. The van der Waals surface area contributed by atoms with Crippen molar-refractivity contribution in [1.29, 1.82) is 0 Å². The highest BCUT2D eigenvalue weighted by atomic mass is 35.5. The number of hydrogen-bond acceptors (Lipinski definition) is 4. The van der Waals surface area contributed by atoms with Gasteiger partial charge in [0.25, 0.3) is 0 Å². The second-order valence-electron chi connectivity index (χ2n) is 3.68. The summed E-state index contributed by atoms with van der Waals surface area (Å²) in [5, 5.41) is 7.21. The van der Waals surface area contributed by atoms with Crippen LogP contribution in [0.25, 0.3) is 0 Å². The number of halogens is 2. The normalized spacial score (nSPS) is 10.0. The van der Waals surface area contributed by atoms with Crippen molar-refractivity contribution >= 4 is 40.7 Å². The topological polar surface area (TPSA) is 49.8 Å². The van der Waals surface area contributed by atoms with E-state index in [1.807, 2.05) is 0 Å². The molecule has 98 valence electrons. The van der Waals surface area contributed by atoms with Gasteiger partial charge in [0.1, 0.15) is 5.82 Å². The third-order valence-electron chi connectivity index (χ3n) is 2.26. The molecule has 2 aromatic rings. The van der Waals surface area contributed by atoms with E-state index in [1.165, 1.54) is 0 Å². The van der Waals surface area contributed by atoms with Crippen LogP contribution in [0, 0.1) is 0 Å². The van der Waals surface area contributed by atoms with Crippen molar-refractivity contribution in [2.45, 2.75) is 0 Å². The number of hydrogen-bond donors (Lipinski definition) is 2. The first-order valence-electron chi connectivity index (χ1n) is 5.59. The molecule has 0 amide bonds. The van der Waals surface area contributed by atoms with Crippen LogP contribution in [0.4, 0.5) is 17.5 Å². The molecule has 0 saturated heterocycles. The van der Waals surface area contributed by atoms with E-state index in [-0.39, 0.29) is 0 Å². The van der Waals surface area contributed by atoms with E-state index in [0.717, 1.165) is 0 Å². The molecule has 1 heterocycles. The van der Waals surface area contributed by atoms with Crippen molar-refractivity contribution in [3.05, 3.63) is 53.2 Å². The quantitative estimate of drug-likeness (QED) is 0.814. The highest BCUT2D eigenvalue weighted by Gasteiger charge is 2.04. The van der Waals surface area contributed by atoms with Crippen LogP contribution in [0.15, 0.2) is 43.1 Å². The Hall–Kier alpha value is -1.78. The maximum absolute atomic E-state index is 6.07. The number of anilines is 3. The van der Waals surface area contributed by atoms with E-state index in [0.29, 0.717) is 34.0 Å². The second-order valence-corrected chi connectivity index (χ2v) is 4.53. The van der Waals surface area contributed by atoms with Gasteiger partial charge in [-0.1, -0.05) is 29.3 Å². The first kappa shape index (κ1) is 13.6. The van der Waals surface area contributed by atoms with Gasteiger partial charge in [-0.25, -0.2) is 4.98 Å². The number of nitrogens with one attached hydrogen (secondary N) is 2. The van der Waals surface area contributed by atoms with Gasteiger partial charge in [0.15, 0.2) is 0 Å². The Morgan fingerprint density at radius 3 is 2.84 bits per heavy atom. The van der Waals surface area contributed by atoms with Gasteiger partial charge in [0.2, 0.25) is 5.95 Å². The lowest BCUT2D eigenvalue weighted by atomic mass is 10.3. The van der Waals surface area contributed by atoms with Gasteiger partial charge in [0, 0.05) is 17.8 Å². The Balaban J connectivity index is 2.16. The van der Waals surface area contributed by atoms with Gasteiger partial charge < -0.3 is 10.6 Å². The van der Waals surface area contributed by atoms with Crippen LogP contribution in [-0.2, 0) is 0 Å². The fourth-order valence-electron chi connectivity index (χ4n) is 1.41. The zero-order chi connectivity index (χ0) is 13.7. The SMILES string of the molecule is C=CCNc1ccnc(Nc2ccc(Cl)cc2Cl)n1. The van der Waals surface area contributed by atoms with Crippen molar-refractivity contribution in [2.75, 3.05) is 17.2 Å². The first-order valence-corrected chi connectivity index (χ1v) is 6.34. The number of rotatable bonds is 5. The highest BCUT2D eigenvalue weighted by Crippen LogP contribution is 2.27. The highest BCUT2D eigenvalue weighted by molar-refractivity contribution is 6.36. The maximum atomic E-state index is 6.07. The zero-order valence-corrected chi connectivity index (χ0v) is 11.5. The summed E-state index contributed by atoms with van der Waals surface area (Å²) >= 11 is 11.9. The molecule has 4 nitrogen and oxygen atoms in total. The fraction of sp³-hybridized carbons (Fsp3) is 0.0769. The summed E-state index contributed by atoms with van der Waals surface area (Å²) in [5.74, 6) is 1.17. The first-order chi connectivity index (χ1) is 9.19. The smallest absolute Gasteiger partial charge is 0.229 e. The van der Waals surface area contributed by atoms with Crippen molar-refractivity contribution in [2.24, 2.45) is 0 Å². The van der Waals surface area contributed by atoms with Crippen molar-refractivity contribution in [3.63, 3.8) is 0 Å². The van der Waals surface area contributed by atoms with Crippen LogP contribution in [0.2, 0.25) is 10.0 Å². The van der Waals surface area contributed by atoms with E-state index in [1.54, 1.807) is 36.5 Å². The summed E-state index contributed by atoms with van der Waals surface area (Å²) in [7, 11) is 0. The van der Waals surface area contributed by atoms with E-state index < -0.39 is 0 Å². The summed E-state index contributed by atoms with van der Waals surface area (Å²) in [6, 6.07) is 6.96. The maximum Gasteiger partial charge on any atom is 0.229 e. The van der Waals surface area contributed by atoms with Gasteiger partial charge >= 0.3 is 0 Å². The van der Waals surface area contributed by atoms with E-state index >= 15 is 0 Å². The molecule has 0 fully saturated rings. The third kappa shape index (κ3) is 3.84. The molecule has 0 aliphatic rings. The van der Waals surface area contributed by atoms with Crippen LogP contribution in [0.3, 0.4) is 0 Å².